The van der Waals surface area contributed by atoms with Crippen LogP contribution in [0.2, 0.25) is 10.3 Å². The van der Waals surface area contributed by atoms with Crippen molar-refractivity contribution in [2.45, 2.75) is 101 Å². The summed E-state index contributed by atoms with van der Waals surface area (Å²) in [5.41, 5.74) is 4.78. The molecule has 9 atom stereocenters. The molecule has 4 aliphatic heterocycles. The Morgan fingerprint density at radius 3 is 1.58 bits per heavy atom. The van der Waals surface area contributed by atoms with Gasteiger partial charge in [-0.25, -0.2) is 19.6 Å². The zero-order chi connectivity index (χ0) is 45.4. The van der Waals surface area contributed by atoms with Crippen molar-refractivity contribution in [2.75, 3.05) is 40.6 Å². The summed E-state index contributed by atoms with van der Waals surface area (Å²) in [5.74, 6) is 0.901. The number of carbonyl (C=O) groups excluding carboxylic acids is 4. The van der Waals surface area contributed by atoms with Crippen molar-refractivity contribution in [1.82, 2.24) is 40.4 Å². The summed E-state index contributed by atoms with van der Waals surface area (Å²) in [6, 6.07) is 13.7. The Morgan fingerprint density at radius 2 is 1.14 bits per heavy atom. The normalized spacial score (nSPS) is 26.1. The van der Waals surface area contributed by atoms with Crippen LogP contribution in [-0.2, 0) is 28.5 Å². The van der Waals surface area contributed by atoms with Crippen LogP contribution in [-0.4, -0.2) is 119 Å². The summed E-state index contributed by atoms with van der Waals surface area (Å²) < 4.78 is 21.2. The van der Waals surface area contributed by atoms with E-state index in [9.17, 15) is 19.2 Å². The van der Waals surface area contributed by atoms with Gasteiger partial charge in [0.25, 0.3) is 0 Å². The number of imidazole rings is 2. The van der Waals surface area contributed by atoms with Gasteiger partial charge >= 0.3 is 12.2 Å². The number of nitrogens with one attached hydrogen (secondary N) is 4. The fourth-order valence-electron chi connectivity index (χ4n) is 10.6. The second-order valence-corrected chi connectivity index (χ2v) is 18.8. The van der Waals surface area contributed by atoms with Gasteiger partial charge in [0.1, 0.15) is 45.4 Å². The van der Waals surface area contributed by atoms with Crippen molar-refractivity contribution in [3.8, 4) is 33.6 Å². The first kappa shape index (κ1) is 45.0. The first-order valence-electron chi connectivity index (χ1n) is 22.7. The summed E-state index contributed by atoms with van der Waals surface area (Å²) >= 11 is 13.7. The molecule has 16 nitrogen and oxygen atoms in total. The van der Waals surface area contributed by atoms with E-state index in [0.29, 0.717) is 72.1 Å². The SMILES string of the molecule is COC(=O)NC(C(=O)N1C(C)CCC1c1nc(-c2ccc(-c3ccc(-c4nc(C5CC6CCC6N5C(=O)C(NC(=O)OC)C5CCCOC5)[nH]c4Cl)cc3)cc2)c(Cl)[nH]1)C1CCCOC1. The highest BCUT2D eigenvalue weighted by atomic mass is 35.5. The number of amides is 4. The minimum Gasteiger partial charge on any atom is -0.453 e. The van der Waals surface area contributed by atoms with Gasteiger partial charge in [-0.3, -0.25) is 9.59 Å². The van der Waals surface area contributed by atoms with Gasteiger partial charge in [-0.15, -0.1) is 0 Å². The molecule has 9 rings (SSSR count). The maximum absolute atomic E-state index is 14.4. The molecule has 2 aromatic heterocycles. The smallest absolute Gasteiger partial charge is 0.407 e. The summed E-state index contributed by atoms with van der Waals surface area (Å²) in [5, 5.41) is 6.38. The molecule has 4 N–H and O–H groups in total. The lowest BCUT2D eigenvalue weighted by molar-refractivity contribution is -0.141. The van der Waals surface area contributed by atoms with E-state index in [-0.39, 0.29) is 47.8 Å². The second kappa shape index (κ2) is 19.4. The number of ether oxygens (including phenoxy) is 4. The van der Waals surface area contributed by atoms with Crippen LogP contribution in [0.4, 0.5) is 9.59 Å². The molecule has 4 saturated heterocycles. The van der Waals surface area contributed by atoms with Crippen LogP contribution in [0.25, 0.3) is 33.6 Å². The molecule has 346 valence electrons. The molecular weight excluding hydrogens is 875 g/mol. The third-order valence-electron chi connectivity index (χ3n) is 14.2. The average Bonchev–Trinajstić information content (AvgIpc) is 4.09. The molecule has 5 aliphatic rings. The number of aromatic amines is 2. The van der Waals surface area contributed by atoms with Crippen molar-refractivity contribution >= 4 is 47.2 Å². The highest BCUT2D eigenvalue weighted by Crippen LogP contribution is 2.50. The number of alkyl carbamates (subject to hydrolysis) is 2. The Hall–Kier alpha value is -5.16. The van der Waals surface area contributed by atoms with Gasteiger partial charge < -0.3 is 49.3 Å². The Balaban J connectivity index is 0.896. The number of benzene rings is 2. The van der Waals surface area contributed by atoms with Gasteiger partial charge in [-0.1, -0.05) is 71.7 Å². The molecule has 0 spiro atoms. The fraction of sp³-hybridized carbons (Fsp3) is 0.532. The molecule has 1 saturated carbocycles. The van der Waals surface area contributed by atoms with Crippen LogP contribution in [0.1, 0.15) is 88.4 Å². The molecule has 1 aliphatic carbocycles. The number of carbonyl (C=O) groups is 4. The lowest BCUT2D eigenvalue weighted by Gasteiger charge is -2.40. The Labute approximate surface area is 387 Å². The number of hydrogen-bond donors (Lipinski definition) is 4. The van der Waals surface area contributed by atoms with Crippen LogP contribution in [0, 0.1) is 17.8 Å². The Kier molecular flexibility index (Phi) is 13.4. The standard InChI is InChI=1S/C47H56Cl2N8O8/c1-25-8-18-34(56(25)44(58)38(52-46(60)62-2)31-6-4-20-64-23-31)42-50-36(40(48)54-42)28-13-9-26(10-14-28)27-11-15-29(16-12-27)37-41(49)55-43(51-37)35-22-30-17-19-33(30)57(35)45(59)39(53-47(61)63-3)32-7-5-21-65-24-32/h9-16,25,30-35,38-39H,4-8,17-24H2,1-3H3,(H,50,54)(H,51,55)(H,52,60)(H,53,61). The molecule has 2 aromatic carbocycles. The van der Waals surface area contributed by atoms with Crippen molar-refractivity contribution in [2.24, 2.45) is 17.8 Å². The van der Waals surface area contributed by atoms with Crippen LogP contribution in [0.15, 0.2) is 48.5 Å². The third-order valence-corrected chi connectivity index (χ3v) is 14.7. The summed E-state index contributed by atoms with van der Waals surface area (Å²) in [7, 11) is 2.59. The molecule has 6 heterocycles. The molecule has 9 unspecified atom stereocenters. The number of fused-ring (bicyclic) bond motifs is 1. The van der Waals surface area contributed by atoms with Gasteiger partial charge in [0.2, 0.25) is 11.8 Å². The number of aromatic nitrogens is 4. The largest absolute Gasteiger partial charge is 0.453 e. The van der Waals surface area contributed by atoms with Crippen LogP contribution in [0.3, 0.4) is 0 Å². The van der Waals surface area contributed by atoms with E-state index in [0.717, 1.165) is 73.6 Å². The molecule has 0 bridgehead atoms. The van der Waals surface area contributed by atoms with Crippen molar-refractivity contribution in [1.29, 1.82) is 0 Å². The number of H-pyrrole nitrogens is 2. The number of rotatable bonds is 11. The van der Waals surface area contributed by atoms with Crippen molar-refractivity contribution in [3.05, 3.63) is 70.5 Å². The predicted molar refractivity (Wildman–Crippen MR) is 242 cm³/mol. The van der Waals surface area contributed by atoms with Crippen LogP contribution >= 0.6 is 23.2 Å². The van der Waals surface area contributed by atoms with E-state index < -0.39 is 24.3 Å². The topological polar surface area (TPSA) is 193 Å². The summed E-state index contributed by atoms with van der Waals surface area (Å²) in [6.07, 6.45) is 6.01. The molecule has 4 aromatic rings. The molecule has 18 heteroatoms. The maximum Gasteiger partial charge on any atom is 0.407 e. The van der Waals surface area contributed by atoms with Crippen molar-refractivity contribution in [3.63, 3.8) is 0 Å². The lowest BCUT2D eigenvalue weighted by Crippen LogP contribution is -2.56. The van der Waals surface area contributed by atoms with Gasteiger partial charge in [-0.2, -0.15) is 0 Å². The van der Waals surface area contributed by atoms with Gasteiger partial charge in [0.15, 0.2) is 0 Å². The van der Waals surface area contributed by atoms with E-state index in [1.54, 1.807) is 0 Å². The van der Waals surface area contributed by atoms with E-state index in [1.165, 1.54) is 14.2 Å². The predicted octanol–water partition coefficient (Wildman–Crippen LogP) is 7.85. The van der Waals surface area contributed by atoms with Crippen LogP contribution < -0.4 is 10.6 Å². The number of hydrogen-bond acceptors (Lipinski definition) is 10. The molecule has 65 heavy (non-hydrogen) atoms. The Morgan fingerprint density at radius 1 is 0.662 bits per heavy atom. The van der Waals surface area contributed by atoms with Gasteiger partial charge in [0.05, 0.1) is 39.5 Å². The van der Waals surface area contributed by atoms with Crippen molar-refractivity contribution < 1.29 is 38.1 Å². The highest BCUT2D eigenvalue weighted by molar-refractivity contribution is 6.32. The first-order valence-corrected chi connectivity index (χ1v) is 23.5. The number of methoxy groups -OCH3 is 2. The zero-order valence-corrected chi connectivity index (χ0v) is 38.3. The minimum atomic E-state index is -0.791. The van der Waals surface area contributed by atoms with E-state index in [1.807, 2.05) is 65.3 Å². The van der Waals surface area contributed by atoms with Gasteiger partial charge in [0, 0.05) is 48.3 Å². The first-order chi connectivity index (χ1) is 31.5. The number of halogens is 2. The van der Waals surface area contributed by atoms with E-state index >= 15 is 0 Å². The summed E-state index contributed by atoms with van der Waals surface area (Å²) in [6.45, 7) is 4.06. The fourth-order valence-corrected chi connectivity index (χ4v) is 11.1. The minimum absolute atomic E-state index is 0.0680. The Bertz CT molecular complexity index is 2360. The number of nitrogens with zero attached hydrogens (tertiary/aromatic N) is 4. The van der Waals surface area contributed by atoms with Crippen LogP contribution in [0.5, 0.6) is 0 Å². The highest BCUT2D eigenvalue weighted by Gasteiger charge is 2.52. The molecular formula is C47H56Cl2N8O8. The van der Waals surface area contributed by atoms with Gasteiger partial charge in [-0.05, 0) is 81.8 Å². The average molecular weight is 932 g/mol. The molecule has 4 amide bonds. The zero-order valence-electron chi connectivity index (χ0n) is 36.8. The quantitative estimate of drug-likeness (QED) is 0.115. The second-order valence-electron chi connectivity index (χ2n) is 18.0. The molecule has 5 fully saturated rings. The lowest BCUT2D eigenvalue weighted by atomic mass is 9.80. The third kappa shape index (κ3) is 9.06. The van der Waals surface area contributed by atoms with E-state index in [4.69, 9.17) is 52.1 Å². The van der Waals surface area contributed by atoms with E-state index in [2.05, 4.69) is 20.6 Å². The molecule has 0 radical (unpaired) electrons. The summed E-state index contributed by atoms with van der Waals surface area (Å²) in [4.78, 5) is 73.7. The monoisotopic (exact) mass is 930 g/mol. The number of likely N-dealkylation sites (tertiary alicyclic amines) is 2. The maximum atomic E-state index is 14.4.